The van der Waals surface area contributed by atoms with Crippen LogP contribution in [-0.2, 0) is 17.6 Å². The van der Waals surface area contributed by atoms with Gasteiger partial charge in [0.25, 0.3) is 0 Å². The average molecular weight is 598 g/mol. The van der Waals surface area contributed by atoms with Crippen molar-refractivity contribution in [2.45, 2.75) is 44.2 Å². The van der Waals surface area contributed by atoms with E-state index in [1.807, 2.05) is 6.07 Å². The molecule has 1 amide bonds. The number of aliphatic hydroxyl groups excluding tert-OH is 1. The summed E-state index contributed by atoms with van der Waals surface area (Å²) in [5, 5.41) is 13.3. The molecule has 1 aliphatic carbocycles. The van der Waals surface area contributed by atoms with Gasteiger partial charge in [-0.15, -0.1) is 26.8 Å². The van der Waals surface area contributed by atoms with E-state index in [4.69, 9.17) is 11.6 Å². The van der Waals surface area contributed by atoms with Crippen molar-refractivity contribution in [3.05, 3.63) is 64.8 Å². The van der Waals surface area contributed by atoms with E-state index in [1.54, 1.807) is 30.6 Å². The SMILES string of the molecule is O=C(Cc1cccnc1Cl)N1CCc2cc(-c3ccnc(NC4CCC(O)C4)n3)cc(F)c21.PP(P)P. The summed E-state index contributed by atoms with van der Waals surface area (Å²) in [5.74, 6) is -0.224. The summed E-state index contributed by atoms with van der Waals surface area (Å²) in [7, 11) is 7.94. The van der Waals surface area contributed by atoms with E-state index >= 15 is 4.39 Å². The number of rotatable bonds is 5. The summed E-state index contributed by atoms with van der Waals surface area (Å²) in [5.41, 5.74) is 2.93. The molecular formula is C24H29ClFN5O2P4. The van der Waals surface area contributed by atoms with Gasteiger partial charge in [0.1, 0.15) is 11.0 Å². The number of fused-ring (bicyclic) bond motifs is 1. The number of nitrogens with one attached hydrogen (secondary N) is 1. The van der Waals surface area contributed by atoms with Crippen molar-refractivity contribution in [3.63, 3.8) is 0 Å². The molecule has 2 aromatic heterocycles. The maximum atomic E-state index is 15.2. The average Bonchev–Trinajstić information content (AvgIpc) is 3.46. The molecule has 0 saturated heterocycles. The lowest BCUT2D eigenvalue weighted by Gasteiger charge is -2.19. The number of benzene rings is 1. The number of halogens is 2. The molecule has 7 nitrogen and oxygen atoms in total. The van der Waals surface area contributed by atoms with E-state index in [0.29, 0.717) is 47.8 Å². The summed E-state index contributed by atoms with van der Waals surface area (Å²) >= 11 is 6.08. The number of amides is 1. The number of nitrogens with zero attached hydrogens (tertiary/aromatic N) is 4. The van der Waals surface area contributed by atoms with Crippen LogP contribution >= 0.6 is 45.4 Å². The maximum absolute atomic E-state index is 15.2. The fourth-order valence-electron chi connectivity index (χ4n) is 4.56. The molecule has 5 rings (SSSR count). The van der Waals surface area contributed by atoms with Crippen LogP contribution in [0, 0.1) is 5.82 Å². The molecular weight excluding hydrogens is 569 g/mol. The number of anilines is 2. The van der Waals surface area contributed by atoms with Gasteiger partial charge in [-0.1, -0.05) is 17.7 Å². The molecule has 2 aliphatic rings. The third-order valence-corrected chi connectivity index (χ3v) is 6.53. The first-order valence-electron chi connectivity index (χ1n) is 11.8. The Labute approximate surface area is 228 Å². The zero-order valence-electron chi connectivity index (χ0n) is 20.0. The van der Waals surface area contributed by atoms with Gasteiger partial charge < -0.3 is 15.3 Å². The molecule has 196 valence electrons. The van der Waals surface area contributed by atoms with Gasteiger partial charge in [-0.3, -0.25) is 4.79 Å². The van der Waals surface area contributed by atoms with Crippen molar-refractivity contribution >= 4 is 62.9 Å². The Morgan fingerprint density at radius 1 is 1.22 bits per heavy atom. The molecule has 1 saturated carbocycles. The topological polar surface area (TPSA) is 91.2 Å². The van der Waals surface area contributed by atoms with Gasteiger partial charge >= 0.3 is 0 Å². The van der Waals surface area contributed by atoms with E-state index in [1.165, 1.54) is 11.0 Å². The van der Waals surface area contributed by atoms with Crippen LogP contribution in [0.1, 0.15) is 30.4 Å². The molecule has 3 aromatic rings. The second-order valence-electron chi connectivity index (χ2n) is 8.91. The first kappa shape index (κ1) is 28.6. The van der Waals surface area contributed by atoms with Gasteiger partial charge in [-0.05, 0) is 68.1 Å². The normalized spacial score (nSPS) is 18.4. The number of aliphatic hydroxyl groups is 1. The van der Waals surface area contributed by atoms with Crippen LogP contribution in [0.25, 0.3) is 11.3 Å². The highest BCUT2D eigenvalue weighted by Crippen LogP contribution is 2.59. The van der Waals surface area contributed by atoms with Crippen molar-refractivity contribution in [1.29, 1.82) is 0 Å². The predicted molar refractivity (Wildman–Crippen MR) is 160 cm³/mol. The lowest BCUT2D eigenvalue weighted by molar-refractivity contribution is -0.117. The van der Waals surface area contributed by atoms with Crippen LogP contribution in [0.2, 0.25) is 5.15 Å². The van der Waals surface area contributed by atoms with Gasteiger partial charge in [-0.2, -0.15) is 0 Å². The molecule has 0 bridgehead atoms. The van der Waals surface area contributed by atoms with Crippen LogP contribution in [0.5, 0.6) is 0 Å². The van der Waals surface area contributed by atoms with Crippen LogP contribution in [-0.4, -0.2) is 44.7 Å². The number of hydrogen-bond donors (Lipinski definition) is 2. The summed E-state index contributed by atoms with van der Waals surface area (Å²) in [6.45, 7) is 0.539. The number of aromatic nitrogens is 3. The molecule has 3 heterocycles. The Balaban J connectivity index is 0.000000747. The van der Waals surface area contributed by atoms with Crippen LogP contribution in [0.3, 0.4) is 0 Å². The zero-order valence-corrected chi connectivity index (χ0v) is 25.1. The molecule has 5 unspecified atom stereocenters. The first-order chi connectivity index (χ1) is 17.7. The van der Waals surface area contributed by atoms with Gasteiger partial charge in [0.05, 0.1) is 23.9 Å². The highest BCUT2D eigenvalue weighted by atomic mass is 35.5. The molecule has 1 fully saturated rings. The molecule has 1 aliphatic heterocycles. The van der Waals surface area contributed by atoms with Crippen molar-refractivity contribution in [3.8, 4) is 11.3 Å². The van der Waals surface area contributed by atoms with Gasteiger partial charge in [0, 0.05) is 30.5 Å². The Kier molecular flexibility index (Phi) is 10.1. The molecule has 5 atom stereocenters. The fraction of sp³-hybridized carbons (Fsp3) is 0.333. The lowest BCUT2D eigenvalue weighted by atomic mass is 10.0. The highest BCUT2D eigenvalue weighted by molar-refractivity contribution is 8.65. The van der Waals surface area contributed by atoms with E-state index in [0.717, 1.165) is 18.4 Å². The number of hydrogen-bond acceptors (Lipinski definition) is 6. The quantitative estimate of drug-likeness (QED) is 0.293. The number of carbonyl (C=O) groups excluding carboxylic acids is 1. The van der Waals surface area contributed by atoms with Gasteiger partial charge in [0.2, 0.25) is 11.9 Å². The lowest BCUT2D eigenvalue weighted by Crippen LogP contribution is -2.31. The van der Waals surface area contributed by atoms with E-state index in [9.17, 15) is 9.90 Å². The summed E-state index contributed by atoms with van der Waals surface area (Å²) < 4.78 is 15.2. The molecule has 37 heavy (non-hydrogen) atoms. The Morgan fingerprint density at radius 2 is 2.00 bits per heavy atom. The minimum absolute atomic E-state index is 0.0596. The molecule has 13 heteroatoms. The third kappa shape index (κ3) is 7.60. The third-order valence-electron chi connectivity index (χ3n) is 6.19. The Hall–Kier alpha value is -1.38. The monoisotopic (exact) mass is 597 g/mol. The van der Waals surface area contributed by atoms with Crippen molar-refractivity contribution < 1.29 is 14.3 Å². The Morgan fingerprint density at radius 3 is 2.70 bits per heavy atom. The number of carbonyl (C=O) groups is 1. The highest BCUT2D eigenvalue weighted by Gasteiger charge is 2.29. The fourth-order valence-corrected chi connectivity index (χ4v) is 4.75. The first-order valence-corrected chi connectivity index (χ1v) is 18.3. The predicted octanol–water partition coefficient (Wildman–Crippen LogP) is 5.63. The zero-order chi connectivity index (χ0) is 26.5. The van der Waals surface area contributed by atoms with Crippen LogP contribution in [0.15, 0.2) is 42.7 Å². The second-order valence-corrected chi connectivity index (χ2v) is 20.9. The van der Waals surface area contributed by atoms with E-state index < -0.39 is 5.82 Å². The van der Waals surface area contributed by atoms with Gasteiger partial charge in [0.15, 0.2) is 0 Å². The molecule has 0 spiro atoms. The second kappa shape index (κ2) is 13.1. The minimum atomic E-state index is -0.460. The molecule has 0 radical (unpaired) electrons. The largest absolute Gasteiger partial charge is 0.393 e. The summed E-state index contributed by atoms with van der Waals surface area (Å²) in [6, 6.07) is 8.62. The molecule has 1 aromatic carbocycles. The van der Waals surface area contributed by atoms with Crippen molar-refractivity contribution in [2.24, 2.45) is 0 Å². The summed E-state index contributed by atoms with van der Waals surface area (Å²) in [4.78, 5) is 27.2. The van der Waals surface area contributed by atoms with Gasteiger partial charge in [-0.25, -0.2) is 19.3 Å². The summed E-state index contributed by atoms with van der Waals surface area (Å²) in [6.07, 6.45) is 5.80. The Bertz CT molecular complexity index is 1270. The van der Waals surface area contributed by atoms with E-state index in [2.05, 4.69) is 47.1 Å². The van der Waals surface area contributed by atoms with E-state index in [-0.39, 0.29) is 36.6 Å². The van der Waals surface area contributed by atoms with Crippen molar-refractivity contribution in [2.75, 3.05) is 16.8 Å². The number of pyridine rings is 1. The standard InChI is InChI=1S/C24H23ClFN5O2.H6P4/c25-23-15(2-1-7-27-23)12-21(33)31-9-6-14-10-16(11-19(26)22(14)31)20-5-8-28-24(30-20)29-17-3-4-18(32)13-17;1-4(2)3/h1-2,5,7-8,10-11,17-18,32H,3-4,6,9,12-13H2,(H,28,29,30);1-3H2. The van der Waals surface area contributed by atoms with Crippen molar-refractivity contribution in [1.82, 2.24) is 15.0 Å². The maximum Gasteiger partial charge on any atom is 0.231 e. The van der Waals surface area contributed by atoms with Crippen LogP contribution in [0.4, 0.5) is 16.0 Å². The smallest absolute Gasteiger partial charge is 0.231 e. The molecule has 2 N–H and O–H groups in total. The minimum Gasteiger partial charge on any atom is -0.393 e. The van der Waals surface area contributed by atoms with Crippen LogP contribution < -0.4 is 10.2 Å².